The van der Waals surface area contributed by atoms with Crippen molar-refractivity contribution in [3.05, 3.63) is 0 Å². The van der Waals surface area contributed by atoms with E-state index in [1.807, 2.05) is 0 Å². The van der Waals surface area contributed by atoms with Crippen molar-refractivity contribution in [1.82, 2.24) is 20.4 Å². The van der Waals surface area contributed by atoms with Crippen LogP contribution in [0.1, 0.15) is 12.8 Å². The Labute approximate surface area is 85.3 Å². The summed E-state index contributed by atoms with van der Waals surface area (Å²) in [7, 11) is 1.39. The van der Waals surface area contributed by atoms with Crippen LogP contribution in [0.25, 0.3) is 0 Å². The van der Waals surface area contributed by atoms with E-state index in [0.29, 0.717) is 6.42 Å². The summed E-state index contributed by atoms with van der Waals surface area (Å²) in [6.07, 6.45) is 0.418. The number of carboxylic acid groups (broad SMARTS) is 1. The van der Waals surface area contributed by atoms with Crippen LogP contribution in [0.2, 0.25) is 0 Å². The van der Waals surface area contributed by atoms with Gasteiger partial charge in [0.1, 0.15) is 0 Å². The molecule has 0 bridgehead atoms. The molecule has 0 aliphatic heterocycles. The van der Waals surface area contributed by atoms with Gasteiger partial charge in [-0.05, 0) is 6.42 Å². The van der Waals surface area contributed by atoms with E-state index in [4.69, 9.17) is 9.84 Å². The number of aliphatic carboxylic acids is 1. The van der Waals surface area contributed by atoms with Crippen molar-refractivity contribution in [3.8, 4) is 12.0 Å². The van der Waals surface area contributed by atoms with Gasteiger partial charge in [0.25, 0.3) is 0 Å². The van der Waals surface area contributed by atoms with E-state index in [2.05, 4.69) is 25.1 Å². The highest BCUT2D eigenvalue weighted by molar-refractivity contribution is 5.66. The van der Waals surface area contributed by atoms with Crippen molar-refractivity contribution in [2.75, 3.05) is 13.7 Å². The molecule has 0 unspecified atom stereocenters. The van der Waals surface area contributed by atoms with Crippen molar-refractivity contribution in [3.63, 3.8) is 0 Å². The Balaban J connectivity index is 2.28. The third-order valence-electron chi connectivity index (χ3n) is 1.39. The minimum atomic E-state index is -0.870. The molecule has 0 fully saturated rings. The monoisotopic (exact) mass is 214 g/mol. The van der Waals surface area contributed by atoms with Gasteiger partial charge in [-0.15, -0.1) is 0 Å². The van der Waals surface area contributed by atoms with Crippen LogP contribution in [-0.4, -0.2) is 45.2 Å². The van der Waals surface area contributed by atoms with Gasteiger partial charge in [-0.25, -0.2) is 0 Å². The van der Waals surface area contributed by atoms with Crippen molar-refractivity contribution in [2.45, 2.75) is 12.8 Å². The molecule has 1 aromatic rings. The average Bonchev–Trinajstić information content (AvgIpc) is 2.25. The van der Waals surface area contributed by atoms with Crippen molar-refractivity contribution >= 4 is 5.97 Å². The van der Waals surface area contributed by atoms with Gasteiger partial charge in [-0.3, -0.25) is 4.79 Å². The Morgan fingerprint density at radius 2 is 1.87 bits per heavy atom. The van der Waals surface area contributed by atoms with Gasteiger partial charge in [-0.2, -0.15) is 0 Å². The normalized spacial score (nSPS) is 9.67. The Bertz CT molecular complexity index is 315. The summed E-state index contributed by atoms with van der Waals surface area (Å²) >= 11 is 0. The first kappa shape index (κ1) is 11.1. The topological polar surface area (TPSA) is 107 Å². The number of rotatable bonds is 6. The number of carbonyl (C=O) groups is 1. The van der Waals surface area contributed by atoms with E-state index < -0.39 is 5.97 Å². The van der Waals surface area contributed by atoms with Crippen molar-refractivity contribution in [2.24, 2.45) is 0 Å². The van der Waals surface area contributed by atoms with Crippen LogP contribution in [0.4, 0.5) is 0 Å². The molecule has 15 heavy (non-hydrogen) atoms. The van der Waals surface area contributed by atoms with E-state index >= 15 is 0 Å². The van der Waals surface area contributed by atoms with Gasteiger partial charge in [0.2, 0.25) is 0 Å². The highest BCUT2D eigenvalue weighted by Crippen LogP contribution is 2.01. The lowest BCUT2D eigenvalue weighted by Gasteiger charge is -2.01. The minimum Gasteiger partial charge on any atom is -0.481 e. The van der Waals surface area contributed by atoms with Crippen LogP contribution in [0.15, 0.2) is 0 Å². The van der Waals surface area contributed by atoms with E-state index in [9.17, 15) is 4.79 Å². The van der Waals surface area contributed by atoms with Crippen LogP contribution >= 0.6 is 0 Å². The molecule has 0 saturated carbocycles. The molecule has 8 nitrogen and oxygen atoms in total. The Hall–Kier alpha value is -1.99. The molecule has 1 heterocycles. The molecule has 0 aliphatic carbocycles. The van der Waals surface area contributed by atoms with Gasteiger partial charge in [0.05, 0.1) is 13.7 Å². The highest BCUT2D eigenvalue weighted by Gasteiger charge is 2.02. The molecule has 0 spiro atoms. The molecule has 0 amide bonds. The minimum absolute atomic E-state index is 0.00110. The van der Waals surface area contributed by atoms with Crippen molar-refractivity contribution in [1.29, 1.82) is 0 Å². The van der Waals surface area contributed by atoms with Crippen LogP contribution < -0.4 is 9.47 Å². The van der Waals surface area contributed by atoms with E-state index in [0.717, 1.165) is 0 Å². The van der Waals surface area contributed by atoms with Crippen LogP contribution in [0.3, 0.4) is 0 Å². The molecule has 0 aliphatic rings. The van der Waals surface area contributed by atoms with Gasteiger partial charge < -0.3 is 14.6 Å². The second-order valence-electron chi connectivity index (χ2n) is 2.52. The zero-order chi connectivity index (χ0) is 11.1. The summed E-state index contributed by atoms with van der Waals surface area (Å²) in [4.78, 5) is 10.2. The second kappa shape index (κ2) is 5.68. The first-order valence-corrected chi connectivity index (χ1v) is 4.18. The molecule has 8 heteroatoms. The fourth-order valence-electron chi connectivity index (χ4n) is 0.737. The quantitative estimate of drug-likeness (QED) is 0.632. The number of aromatic nitrogens is 4. The summed E-state index contributed by atoms with van der Waals surface area (Å²) in [5, 5.41) is 22.5. The van der Waals surface area contributed by atoms with Gasteiger partial charge in [0.15, 0.2) is 0 Å². The van der Waals surface area contributed by atoms with Crippen molar-refractivity contribution < 1.29 is 19.4 Å². The Morgan fingerprint density at radius 1 is 1.27 bits per heavy atom. The van der Waals surface area contributed by atoms with E-state index in [-0.39, 0.29) is 25.0 Å². The molecule has 82 valence electrons. The average molecular weight is 214 g/mol. The summed E-state index contributed by atoms with van der Waals surface area (Å²) in [5.41, 5.74) is 0. The SMILES string of the molecule is COc1nnc(OCCCC(=O)O)nn1. The predicted octanol–water partition coefficient (Wildman–Crippen LogP) is -0.481. The summed E-state index contributed by atoms with van der Waals surface area (Å²) < 4.78 is 9.64. The number of carboxylic acids is 1. The fraction of sp³-hybridized carbons (Fsp3) is 0.571. The van der Waals surface area contributed by atoms with Gasteiger partial charge in [0, 0.05) is 6.42 Å². The lowest BCUT2D eigenvalue weighted by Crippen LogP contribution is -2.06. The maximum Gasteiger partial charge on any atom is 0.355 e. The van der Waals surface area contributed by atoms with Crippen LogP contribution in [-0.2, 0) is 4.79 Å². The molecule has 0 atom stereocenters. The zero-order valence-electron chi connectivity index (χ0n) is 8.08. The first-order valence-electron chi connectivity index (χ1n) is 4.18. The molecule has 1 aromatic heterocycles. The predicted molar refractivity (Wildman–Crippen MR) is 46.5 cm³/mol. The molecule has 1 rings (SSSR count). The Morgan fingerprint density at radius 3 is 2.40 bits per heavy atom. The lowest BCUT2D eigenvalue weighted by molar-refractivity contribution is -0.137. The summed E-state index contributed by atoms with van der Waals surface area (Å²) in [5.74, 6) is -0.870. The van der Waals surface area contributed by atoms with E-state index in [1.165, 1.54) is 7.11 Å². The standard InChI is InChI=1S/C7H10N4O4/c1-14-6-8-10-7(11-9-6)15-4-2-3-5(12)13/h2-4H2,1H3,(H,12,13). The molecule has 0 saturated heterocycles. The molecule has 0 radical (unpaired) electrons. The van der Waals surface area contributed by atoms with Crippen LogP contribution in [0.5, 0.6) is 12.0 Å². The number of methoxy groups -OCH3 is 1. The number of hydrogen-bond acceptors (Lipinski definition) is 7. The van der Waals surface area contributed by atoms with Crippen LogP contribution in [0, 0.1) is 0 Å². The molecular formula is C7H10N4O4. The van der Waals surface area contributed by atoms with Gasteiger partial charge >= 0.3 is 18.0 Å². The number of nitrogens with zero attached hydrogens (tertiary/aromatic N) is 4. The third kappa shape index (κ3) is 4.16. The molecule has 1 N–H and O–H groups in total. The number of ether oxygens (including phenoxy) is 2. The first-order chi connectivity index (χ1) is 7.22. The summed E-state index contributed by atoms with van der Waals surface area (Å²) in [6.45, 7) is 0.210. The maximum absolute atomic E-state index is 10.2. The van der Waals surface area contributed by atoms with E-state index in [1.54, 1.807) is 0 Å². The Kier molecular flexibility index (Phi) is 4.20. The summed E-state index contributed by atoms with van der Waals surface area (Å²) in [6, 6.07) is 0.0501. The highest BCUT2D eigenvalue weighted by atomic mass is 16.5. The zero-order valence-corrected chi connectivity index (χ0v) is 8.08. The largest absolute Gasteiger partial charge is 0.481 e. The smallest absolute Gasteiger partial charge is 0.355 e. The maximum atomic E-state index is 10.2. The molecule has 0 aromatic carbocycles. The second-order valence-corrected chi connectivity index (χ2v) is 2.52. The van der Waals surface area contributed by atoms with Gasteiger partial charge in [-0.1, -0.05) is 20.4 Å². The lowest BCUT2D eigenvalue weighted by atomic mass is 10.3. The third-order valence-corrected chi connectivity index (χ3v) is 1.39. The fourth-order valence-corrected chi connectivity index (χ4v) is 0.737. The molecular weight excluding hydrogens is 204 g/mol. The number of hydrogen-bond donors (Lipinski definition) is 1.